The largest absolute Gasteiger partial charge is 0.357 e. The molecule has 0 aliphatic carbocycles. The summed E-state index contributed by atoms with van der Waals surface area (Å²) < 4.78 is 1.67. The fourth-order valence-electron chi connectivity index (χ4n) is 4.92. The Morgan fingerprint density at radius 2 is 1.90 bits per heavy atom. The highest BCUT2D eigenvalue weighted by Gasteiger charge is 2.21. The van der Waals surface area contributed by atoms with Gasteiger partial charge >= 0.3 is 0 Å². The molecule has 0 atom stereocenters. The number of hydrogen-bond donors (Lipinski definition) is 3. The van der Waals surface area contributed by atoms with Gasteiger partial charge in [-0.05, 0) is 67.1 Å². The Bertz CT molecular complexity index is 1250. The summed E-state index contributed by atoms with van der Waals surface area (Å²) in [4.78, 5) is 19.3. The predicted octanol–water partition coefficient (Wildman–Crippen LogP) is 4.61. The maximum Gasteiger partial charge on any atom is 0.274 e. The first kappa shape index (κ1) is 18.3. The highest BCUT2D eigenvalue weighted by Crippen LogP contribution is 2.39. The van der Waals surface area contributed by atoms with Crippen molar-refractivity contribution in [1.29, 1.82) is 0 Å². The molecule has 29 heavy (non-hydrogen) atoms. The maximum atomic E-state index is 12.5. The van der Waals surface area contributed by atoms with Crippen molar-refractivity contribution in [1.82, 2.24) is 19.9 Å². The van der Waals surface area contributed by atoms with Gasteiger partial charge in [0.15, 0.2) is 0 Å². The summed E-state index contributed by atoms with van der Waals surface area (Å²) >= 11 is 0. The molecule has 1 aliphatic heterocycles. The van der Waals surface area contributed by atoms with Crippen LogP contribution < -0.4 is 10.9 Å². The van der Waals surface area contributed by atoms with Crippen LogP contribution in [0.3, 0.4) is 0 Å². The third kappa shape index (κ3) is 2.92. The number of aryl methyl sites for hydroxylation is 1. The molecule has 5 nitrogen and oxygen atoms in total. The molecule has 0 amide bonds. The van der Waals surface area contributed by atoms with Crippen LogP contribution in [-0.2, 0) is 7.05 Å². The van der Waals surface area contributed by atoms with Crippen molar-refractivity contribution in [3.05, 3.63) is 58.1 Å². The summed E-state index contributed by atoms with van der Waals surface area (Å²) in [5, 5.41) is 5.75. The van der Waals surface area contributed by atoms with Gasteiger partial charge in [0, 0.05) is 41.3 Å². The Kier molecular flexibility index (Phi) is 4.36. The average Bonchev–Trinajstić information content (AvgIpc) is 3.36. The first-order valence-corrected chi connectivity index (χ1v) is 10.6. The van der Waals surface area contributed by atoms with Gasteiger partial charge in [-0.3, -0.25) is 4.79 Å². The molecule has 0 spiro atoms. The van der Waals surface area contributed by atoms with E-state index in [-0.39, 0.29) is 5.56 Å². The monoisotopic (exact) mass is 388 g/mol. The minimum absolute atomic E-state index is 0.00384. The molecule has 5 heteroatoms. The van der Waals surface area contributed by atoms with Gasteiger partial charge in [-0.15, -0.1) is 0 Å². The van der Waals surface area contributed by atoms with Gasteiger partial charge < -0.3 is 19.9 Å². The van der Waals surface area contributed by atoms with E-state index in [9.17, 15) is 4.79 Å². The summed E-state index contributed by atoms with van der Waals surface area (Å²) in [5.41, 5.74) is 6.80. The highest BCUT2D eigenvalue weighted by molar-refractivity contribution is 5.99. The molecule has 5 rings (SSSR count). The van der Waals surface area contributed by atoms with Gasteiger partial charge in [0.25, 0.3) is 5.56 Å². The summed E-state index contributed by atoms with van der Waals surface area (Å²) in [6.45, 7) is 6.70. The van der Waals surface area contributed by atoms with Crippen LogP contribution in [0.5, 0.6) is 0 Å². The summed E-state index contributed by atoms with van der Waals surface area (Å²) in [6, 6.07) is 8.92. The van der Waals surface area contributed by atoms with Crippen LogP contribution >= 0.6 is 0 Å². The van der Waals surface area contributed by atoms with E-state index in [1.807, 2.05) is 25.5 Å². The summed E-state index contributed by atoms with van der Waals surface area (Å²) in [6.07, 6.45) is 6.21. The normalized spacial score (nSPS) is 15.7. The van der Waals surface area contributed by atoms with E-state index in [0.717, 1.165) is 29.7 Å². The molecule has 0 saturated carbocycles. The van der Waals surface area contributed by atoms with Gasteiger partial charge in [0.1, 0.15) is 5.52 Å². The molecule has 1 aromatic carbocycles. The van der Waals surface area contributed by atoms with Crippen LogP contribution in [0.15, 0.2) is 41.5 Å². The van der Waals surface area contributed by atoms with Crippen LogP contribution in [0.25, 0.3) is 33.1 Å². The molecule has 1 saturated heterocycles. The lowest BCUT2D eigenvalue weighted by Gasteiger charge is -2.23. The molecule has 150 valence electrons. The number of nitrogens with zero attached hydrogens (tertiary/aromatic N) is 1. The van der Waals surface area contributed by atoms with E-state index in [2.05, 4.69) is 47.3 Å². The van der Waals surface area contributed by atoms with Gasteiger partial charge in [-0.1, -0.05) is 19.9 Å². The standard InChI is InChI=1S/C24H28N4O/c1-14(2)21-18-12-16(15-6-9-25-10-7-15)4-5-20(18)27-22(21)19-13-28(3)24(29)23-17(19)8-11-26-23/h4-5,8,11-15,25-27H,6-7,9-10H2,1-3H3. The molecule has 0 bridgehead atoms. The Morgan fingerprint density at radius 3 is 2.66 bits per heavy atom. The molecule has 4 aromatic rings. The lowest BCUT2D eigenvalue weighted by Crippen LogP contribution is -2.26. The Balaban J connectivity index is 1.75. The topological polar surface area (TPSA) is 65.6 Å². The number of pyridine rings is 1. The van der Waals surface area contributed by atoms with Crippen molar-refractivity contribution >= 4 is 21.8 Å². The molecule has 4 heterocycles. The lowest BCUT2D eigenvalue weighted by atomic mass is 9.88. The minimum atomic E-state index is 0.00384. The number of nitrogens with one attached hydrogen (secondary N) is 3. The molecule has 0 unspecified atom stereocenters. The average molecular weight is 389 g/mol. The third-order valence-electron chi connectivity index (χ3n) is 6.41. The van der Waals surface area contributed by atoms with E-state index in [4.69, 9.17) is 0 Å². The number of benzene rings is 1. The van der Waals surface area contributed by atoms with Gasteiger partial charge in [-0.25, -0.2) is 0 Å². The number of fused-ring (bicyclic) bond motifs is 2. The van der Waals surface area contributed by atoms with Crippen molar-refractivity contribution in [2.24, 2.45) is 7.05 Å². The third-order valence-corrected chi connectivity index (χ3v) is 6.41. The first-order chi connectivity index (χ1) is 14.0. The number of H-pyrrole nitrogens is 2. The van der Waals surface area contributed by atoms with Crippen molar-refractivity contribution in [2.75, 3.05) is 13.1 Å². The van der Waals surface area contributed by atoms with Crippen molar-refractivity contribution in [3.63, 3.8) is 0 Å². The SMILES string of the molecule is CC(C)c1c(-c2cn(C)c(=O)c3[nH]ccc23)[nH]c2ccc(C3CCNCC3)cc12. The number of rotatable bonds is 3. The second kappa shape index (κ2) is 6.92. The smallest absolute Gasteiger partial charge is 0.274 e. The molecule has 3 N–H and O–H groups in total. The summed E-state index contributed by atoms with van der Waals surface area (Å²) in [7, 11) is 1.82. The van der Waals surface area contributed by atoms with E-state index in [1.54, 1.807) is 4.57 Å². The quantitative estimate of drug-likeness (QED) is 0.480. The van der Waals surface area contributed by atoms with Crippen LogP contribution in [0.4, 0.5) is 0 Å². The number of aromatic amines is 2. The Hall–Kier alpha value is -2.79. The molecular formula is C24H28N4O. The fraction of sp³-hybridized carbons (Fsp3) is 0.375. The van der Waals surface area contributed by atoms with E-state index in [0.29, 0.717) is 17.4 Å². The highest BCUT2D eigenvalue weighted by atomic mass is 16.1. The second-order valence-corrected chi connectivity index (χ2v) is 8.62. The van der Waals surface area contributed by atoms with Crippen molar-refractivity contribution < 1.29 is 0 Å². The number of piperidine rings is 1. The Labute approximate surface area is 170 Å². The zero-order valence-electron chi connectivity index (χ0n) is 17.3. The van der Waals surface area contributed by atoms with Gasteiger partial charge in [0.05, 0.1) is 5.69 Å². The van der Waals surface area contributed by atoms with Gasteiger partial charge in [0.2, 0.25) is 0 Å². The molecule has 1 fully saturated rings. The second-order valence-electron chi connectivity index (χ2n) is 8.62. The minimum Gasteiger partial charge on any atom is -0.357 e. The molecular weight excluding hydrogens is 360 g/mol. The van der Waals surface area contributed by atoms with Crippen LogP contribution in [0.1, 0.15) is 49.7 Å². The first-order valence-electron chi connectivity index (χ1n) is 10.6. The molecule has 1 aliphatic rings. The van der Waals surface area contributed by atoms with E-state index in [1.165, 1.54) is 34.9 Å². The van der Waals surface area contributed by atoms with E-state index >= 15 is 0 Å². The van der Waals surface area contributed by atoms with Crippen molar-refractivity contribution in [3.8, 4) is 11.3 Å². The Morgan fingerprint density at radius 1 is 1.10 bits per heavy atom. The van der Waals surface area contributed by atoms with Crippen LogP contribution in [-0.4, -0.2) is 27.6 Å². The number of aromatic nitrogens is 3. The van der Waals surface area contributed by atoms with Crippen molar-refractivity contribution in [2.45, 2.75) is 38.5 Å². The van der Waals surface area contributed by atoms with Crippen LogP contribution in [0, 0.1) is 0 Å². The summed E-state index contributed by atoms with van der Waals surface area (Å²) in [5.74, 6) is 1.00. The number of hydrogen-bond acceptors (Lipinski definition) is 2. The van der Waals surface area contributed by atoms with Gasteiger partial charge in [-0.2, -0.15) is 0 Å². The van der Waals surface area contributed by atoms with Crippen LogP contribution in [0.2, 0.25) is 0 Å². The van der Waals surface area contributed by atoms with E-state index < -0.39 is 0 Å². The maximum absolute atomic E-state index is 12.5. The fourth-order valence-corrected chi connectivity index (χ4v) is 4.92. The zero-order chi connectivity index (χ0) is 20.1. The zero-order valence-corrected chi connectivity index (χ0v) is 17.3. The molecule has 3 aromatic heterocycles. The molecule has 0 radical (unpaired) electrons. The predicted molar refractivity (Wildman–Crippen MR) is 120 cm³/mol. The lowest BCUT2D eigenvalue weighted by molar-refractivity contribution is 0.460.